The lowest BCUT2D eigenvalue weighted by Gasteiger charge is -2.23. The highest BCUT2D eigenvalue weighted by atomic mass is 32.2. The first-order valence-electron chi connectivity index (χ1n) is 6.93. The molecule has 1 aliphatic carbocycles. The van der Waals surface area contributed by atoms with Gasteiger partial charge in [0.1, 0.15) is 5.82 Å². The zero-order valence-corrected chi connectivity index (χ0v) is 13.2. The van der Waals surface area contributed by atoms with Crippen molar-refractivity contribution in [1.82, 2.24) is 9.36 Å². The molecule has 1 unspecified atom stereocenters. The molecular weight excluding hydrogens is 288 g/mol. The van der Waals surface area contributed by atoms with Crippen LogP contribution in [0.1, 0.15) is 35.0 Å². The van der Waals surface area contributed by atoms with Gasteiger partial charge in [0.15, 0.2) is 4.34 Å². The van der Waals surface area contributed by atoms with Gasteiger partial charge in [0.25, 0.3) is 0 Å². The number of fused-ring (bicyclic) bond motifs is 1. The second-order valence-electron chi connectivity index (χ2n) is 4.92. The molecule has 1 heterocycles. The highest BCUT2D eigenvalue weighted by Crippen LogP contribution is 2.43. The number of hydrogen-bond donors (Lipinski definition) is 0. The van der Waals surface area contributed by atoms with Gasteiger partial charge in [-0.15, -0.1) is 0 Å². The van der Waals surface area contributed by atoms with Crippen molar-refractivity contribution in [3.63, 3.8) is 0 Å². The summed E-state index contributed by atoms with van der Waals surface area (Å²) in [5.41, 5.74) is 2.98. The third kappa shape index (κ3) is 3.22. The molecule has 0 saturated carbocycles. The van der Waals surface area contributed by atoms with Crippen LogP contribution in [0.4, 0.5) is 0 Å². The molecule has 20 heavy (non-hydrogen) atoms. The normalized spacial score (nSPS) is 17.9. The smallest absolute Gasteiger partial charge is 0.170 e. The van der Waals surface area contributed by atoms with E-state index in [1.165, 1.54) is 41.9 Å². The van der Waals surface area contributed by atoms with Crippen molar-refractivity contribution < 1.29 is 4.74 Å². The maximum atomic E-state index is 5.07. The summed E-state index contributed by atoms with van der Waals surface area (Å²) in [5, 5.41) is 0.531. The molecule has 1 aromatic carbocycles. The van der Waals surface area contributed by atoms with Crippen LogP contribution in [-0.2, 0) is 17.6 Å². The summed E-state index contributed by atoms with van der Waals surface area (Å²) in [4.78, 5) is 4.61. The number of benzene rings is 1. The molecule has 1 aliphatic rings. The maximum absolute atomic E-state index is 5.07. The summed E-state index contributed by atoms with van der Waals surface area (Å²) in [7, 11) is 1.71. The lowest BCUT2D eigenvalue weighted by atomic mass is 9.91. The summed E-state index contributed by atoms with van der Waals surface area (Å²) < 4.78 is 10.6. The number of rotatable bonds is 5. The fraction of sp³-hybridized carbons (Fsp3) is 0.467. The quantitative estimate of drug-likeness (QED) is 0.839. The number of aryl methyl sites for hydroxylation is 1. The van der Waals surface area contributed by atoms with Gasteiger partial charge in [-0.2, -0.15) is 4.37 Å². The Morgan fingerprint density at radius 1 is 1.40 bits per heavy atom. The van der Waals surface area contributed by atoms with E-state index in [9.17, 15) is 0 Å². The Bertz CT molecular complexity index is 571. The molecule has 0 aliphatic heterocycles. The average molecular weight is 306 g/mol. The number of aromatic nitrogens is 2. The molecule has 106 valence electrons. The topological polar surface area (TPSA) is 35.0 Å². The van der Waals surface area contributed by atoms with Gasteiger partial charge < -0.3 is 4.74 Å². The summed E-state index contributed by atoms with van der Waals surface area (Å²) >= 11 is 3.38. The zero-order valence-electron chi connectivity index (χ0n) is 11.5. The van der Waals surface area contributed by atoms with Crippen molar-refractivity contribution in [2.45, 2.75) is 35.3 Å². The predicted molar refractivity (Wildman–Crippen MR) is 83.5 cm³/mol. The van der Waals surface area contributed by atoms with Gasteiger partial charge in [0.2, 0.25) is 0 Å². The van der Waals surface area contributed by atoms with Crippen LogP contribution in [0.5, 0.6) is 0 Å². The van der Waals surface area contributed by atoms with Crippen LogP contribution in [0.15, 0.2) is 28.6 Å². The highest BCUT2D eigenvalue weighted by Gasteiger charge is 2.22. The number of thioether (sulfide) groups is 1. The molecule has 0 radical (unpaired) electrons. The van der Waals surface area contributed by atoms with E-state index in [0.29, 0.717) is 11.9 Å². The second kappa shape index (κ2) is 6.70. The van der Waals surface area contributed by atoms with E-state index < -0.39 is 0 Å². The number of nitrogens with zero attached hydrogens (tertiary/aromatic N) is 2. The molecule has 0 N–H and O–H groups in total. The van der Waals surface area contributed by atoms with Gasteiger partial charge in [-0.3, -0.25) is 0 Å². The van der Waals surface area contributed by atoms with Gasteiger partial charge in [0.05, 0.1) is 6.61 Å². The Hall–Kier alpha value is -0.910. The van der Waals surface area contributed by atoms with Crippen molar-refractivity contribution in [1.29, 1.82) is 0 Å². The number of ether oxygens (including phenoxy) is 1. The number of methoxy groups -OCH3 is 1. The van der Waals surface area contributed by atoms with Gasteiger partial charge in [0, 0.05) is 18.8 Å². The highest BCUT2D eigenvalue weighted by molar-refractivity contribution is 8.01. The van der Waals surface area contributed by atoms with Crippen LogP contribution in [0.3, 0.4) is 0 Å². The molecule has 1 atom stereocenters. The zero-order chi connectivity index (χ0) is 13.8. The Balaban J connectivity index is 1.71. The molecule has 3 rings (SSSR count). The molecule has 0 bridgehead atoms. The minimum atomic E-state index is 0.531. The van der Waals surface area contributed by atoms with Crippen molar-refractivity contribution in [2.75, 3.05) is 13.7 Å². The Morgan fingerprint density at radius 3 is 3.20 bits per heavy atom. The average Bonchev–Trinajstić information content (AvgIpc) is 2.93. The first kappa shape index (κ1) is 14.0. The van der Waals surface area contributed by atoms with Gasteiger partial charge >= 0.3 is 0 Å². The molecule has 1 aromatic heterocycles. The Kier molecular flexibility index (Phi) is 4.70. The van der Waals surface area contributed by atoms with Crippen molar-refractivity contribution >= 4 is 23.3 Å². The predicted octanol–water partition coefficient (Wildman–Crippen LogP) is 3.90. The van der Waals surface area contributed by atoms with E-state index in [2.05, 4.69) is 33.6 Å². The minimum Gasteiger partial charge on any atom is -0.384 e. The molecule has 0 fully saturated rings. The first-order valence-corrected chi connectivity index (χ1v) is 8.58. The largest absolute Gasteiger partial charge is 0.384 e. The van der Waals surface area contributed by atoms with Crippen LogP contribution in [-0.4, -0.2) is 23.1 Å². The fourth-order valence-corrected chi connectivity index (χ4v) is 4.67. The molecule has 0 saturated heterocycles. The van der Waals surface area contributed by atoms with Crippen LogP contribution < -0.4 is 0 Å². The van der Waals surface area contributed by atoms with Crippen LogP contribution in [0.2, 0.25) is 0 Å². The molecular formula is C15H18N2OS2. The summed E-state index contributed by atoms with van der Waals surface area (Å²) in [6, 6.07) is 8.80. The van der Waals surface area contributed by atoms with Crippen LogP contribution in [0.25, 0.3) is 0 Å². The van der Waals surface area contributed by atoms with E-state index in [1.54, 1.807) is 7.11 Å². The van der Waals surface area contributed by atoms with E-state index in [4.69, 9.17) is 4.74 Å². The van der Waals surface area contributed by atoms with E-state index in [1.807, 2.05) is 11.8 Å². The molecule has 0 spiro atoms. The molecule has 0 amide bonds. The lowest BCUT2D eigenvalue weighted by Crippen LogP contribution is -2.06. The van der Waals surface area contributed by atoms with Crippen LogP contribution in [0, 0.1) is 0 Å². The van der Waals surface area contributed by atoms with E-state index >= 15 is 0 Å². The minimum absolute atomic E-state index is 0.531. The van der Waals surface area contributed by atoms with Crippen molar-refractivity contribution in [3.05, 3.63) is 41.2 Å². The standard InChI is InChI=1S/C15H18N2OS2/c1-18-10-9-14-16-15(20-17-14)19-13-8-4-6-11-5-2-3-7-12(11)13/h2-3,5,7,13H,4,6,8-10H2,1H3. The molecule has 5 heteroatoms. The van der Waals surface area contributed by atoms with Gasteiger partial charge in [-0.25, -0.2) is 4.98 Å². The van der Waals surface area contributed by atoms with Crippen LogP contribution >= 0.6 is 23.3 Å². The monoisotopic (exact) mass is 306 g/mol. The van der Waals surface area contributed by atoms with Gasteiger partial charge in [-0.1, -0.05) is 36.0 Å². The maximum Gasteiger partial charge on any atom is 0.170 e. The first-order chi connectivity index (χ1) is 9.86. The lowest BCUT2D eigenvalue weighted by molar-refractivity contribution is 0.200. The van der Waals surface area contributed by atoms with E-state index in [-0.39, 0.29) is 0 Å². The molecule has 3 nitrogen and oxygen atoms in total. The summed E-state index contributed by atoms with van der Waals surface area (Å²) in [6.07, 6.45) is 4.51. The Labute approximate surface area is 127 Å². The Morgan fingerprint density at radius 2 is 2.30 bits per heavy atom. The van der Waals surface area contributed by atoms with Crippen molar-refractivity contribution in [3.8, 4) is 0 Å². The van der Waals surface area contributed by atoms with Gasteiger partial charge in [-0.05, 0) is 41.9 Å². The summed E-state index contributed by atoms with van der Waals surface area (Å²) in [6.45, 7) is 0.688. The molecule has 2 aromatic rings. The fourth-order valence-electron chi connectivity index (χ4n) is 2.53. The third-order valence-corrected chi connectivity index (χ3v) is 5.67. The third-order valence-electron chi connectivity index (χ3n) is 3.54. The number of hydrogen-bond acceptors (Lipinski definition) is 5. The van der Waals surface area contributed by atoms with E-state index in [0.717, 1.165) is 16.6 Å². The second-order valence-corrected chi connectivity index (χ2v) is 7.12. The SMILES string of the molecule is COCCc1nsc(SC2CCCc3ccccc32)n1. The summed E-state index contributed by atoms with van der Waals surface area (Å²) in [5.74, 6) is 0.906. The van der Waals surface area contributed by atoms with Crippen molar-refractivity contribution in [2.24, 2.45) is 0 Å².